The van der Waals surface area contributed by atoms with Gasteiger partial charge in [-0.3, -0.25) is 13.9 Å². The van der Waals surface area contributed by atoms with Gasteiger partial charge in [0.1, 0.15) is 0 Å². The van der Waals surface area contributed by atoms with Crippen molar-refractivity contribution in [1.82, 2.24) is 5.32 Å². The van der Waals surface area contributed by atoms with Crippen LogP contribution in [-0.2, 0) is 26.0 Å². The van der Waals surface area contributed by atoms with Crippen molar-refractivity contribution in [2.24, 2.45) is 0 Å². The molecule has 1 atom stereocenters. The van der Waals surface area contributed by atoms with Gasteiger partial charge >= 0.3 is 5.97 Å². The van der Waals surface area contributed by atoms with Crippen LogP contribution < -0.4 is 9.62 Å². The van der Waals surface area contributed by atoms with E-state index >= 15 is 0 Å². The lowest BCUT2D eigenvalue weighted by atomic mass is 9.99. The lowest BCUT2D eigenvalue weighted by molar-refractivity contribution is -0.147. The van der Waals surface area contributed by atoms with Crippen molar-refractivity contribution >= 4 is 39.2 Å². The Morgan fingerprint density at radius 3 is 2.56 bits per heavy atom. The first kappa shape index (κ1) is 24.1. The number of sulfonamides is 1. The van der Waals surface area contributed by atoms with Crippen molar-refractivity contribution in [1.29, 1.82) is 0 Å². The molecule has 1 N–H and O–H groups in total. The maximum Gasteiger partial charge on any atom is 0.308 e. The van der Waals surface area contributed by atoms with Crippen molar-refractivity contribution in [3.63, 3.8) is 0 Å². The number of benzene rings is 2. The first-order valence-corrected chi connectivity index (χ1v) is 12.6. The van der Waals surface area contributed by atoms with Crippen LogP contribution in [0.4, 0.5) is 5.69 Å². The van der Waals surface area contributed by atoms with Crippen molar-refractivity contribution in [3.8, 4) is 0 Å². The Hall–Kier alpha value is -2.58. The second-order valence-electron chi connectivity index (χ2n) is 8.07. The molecule has 2 aromatic carbocycles. The normalized spacial score (nSPS) is 14.6. The smallest absolute Gasteiger partial charge is 0.308 e. The number of amides is 1. The number of nitrogens with one attached hydrogen (secondary N) is 1. The zero-order chi connectivity index (χ0) is 23.5. The van der Waals surface area contributed by atoms with E-state index < -0.39 is 22.0 Å². The molecule has 32 heavy (non-hydrogen) atoms. The number of halogens is 1. The molecule has 1 heterocycles. The zero-order valence-corrected chi connectivity index (χ0v) is 19.9. The molecule has 0 aromatic heterocycles. The van der Waals surface area contributed by atoms with Gasteiger partial charge in [-0.15, -0.1) is 0 Å². The summed E-state index contributed by atoms with van der Waals surface area (Å²) in [4.78, 5) is 25.4. The van der Waals surface area contributed by atoms with Gasteiger partial charge in [-0.2, -0.15) is 0 Å². The predicted molar refractivity (Wildman–Crippen MR) is 124 cm³/mol. The number of esters is 1. The summed E-state index contributed by atoms with van der Waals surface area (Å²) in [5.74, 6) is -0.828. The molecule has 0 saturated heterocycles. The van der Waals surface area contributed by atoms with Crippen LogP contribution in [0.15, 0.2) is 42.5 Å². The Kier molecular flexibility index (Phi) is 7.46. The third-order valence-electron chi connectivity index (χ3n) is 5.14. The molecule has 0 spiro atoms. The van der Waals surface area contributed by atoms with Gasteiger partial charge in [-0.05, 0) is 62.1 Å². The third-order valence-corrected chi connectivity index (χ3v) is 6.67. The van der Waals surface area contributed by atoms with E-state index in [1.54, 1.807) is 56.3 Å². The lowest BCUT2D eigenvalue weighted by Crippen LogP contribution is -2.35. The summed E-state index contributed by atoms with van der Waals surface area (Å²) in [5, 5.41) is 3.32. The fourth-order valence-electron chi connectivity index (χ4n) is 3.76. The van der Waals surface area contributed by atoms with Crippen molar-refractivity contribution in [2.45, 2.75) is 45.3 Å². The third kappa shape index (κ3) is 5.81. The van der Waals surface area contributed by atoms with Crippen LogP contribution >= 0.6 is 11.6 Å². The predicted octanol–water partition coefficient (Wildman–Crippen LogP) is 3.87. The van der Waals surface area contributed by atoms with Gasteiger partial charge in [0.2, 0.25) is 10.0 Å². The highest BCUT2D eigenvalue weighted by molar-refractivity contribution is 7.92. The SMILES string of the molecule is CC(C)OC(=O)C[C@@H](NC(=O)c1ccc2c(c1)CCCN2S(C)(=O)=O)c1ccccc1Cl. The van der Waals surface area contributed by atoms with Gasteiger partial charge in [0.25, 0.3) is 5.91 Å². The summed E-state index contributed by atoms with van der Waals surface area (Å²) in [7, 11) is -3.39. The standard InChI is InChI=1S/C23H27ClN2O5S/c1-15(2)31-22(27)14-20(18-8-4-5-9-19(18)24)25-23(28)17-10-11-21-16(13-17)7-6-12-26(21)32(3,29)30/h4-5,8-11,13,15,20H,6-7,12,14H2,1-3H3,(H,25,28)/t20-/m1/s1. The number of rotatable bonds is 7. The van der Waals surface area contributed by atoms with Gasteiger partial charge in [-0.1, -0.05) is 29.8 Å². The van der Waals surface area contributed by atoms with E-state index in [0.717, 1.165) is 5.56 Å². The topological polar surface area (TPSA) is 92.8 Å². The monoisotopic (exact) mass is 478 g/mol. The summed E-state index contributed by atoms with van der Waals surface area (Å²) >= 11 is 6.33. The average Bonchev–Trinajstić information content (AvgIpc) is 2.71. The summed E-state index contributed by atoms with van der Waals surface area (Å²) in [6.45, 7) is 3.94. The molecular weight excluding hydrogens is 452 g/mol. The first-order valence-electron chi connectivity index (χ1n) is 10.4. The molecular formula is C23H27ClN2O5S. The molecule has 0 fully saturated rings. The Balaban J connectivity index is 1.86. The summed E-state index contributed by atoms with van der Waals surface area (Å²) in [6.07, 6.45) is 2.18. The number of aryl methyl sites for hydroxylation is 1. The minimum Gasteiger partial charge on any atom is -0.463 e. The fraction of sp³-hybridized carbons (Fsp3) is 0.391. The molecule has 0 bridgehead atoms. The van der Waals surface area contributed by atoms with E-state index in [2.05, 4.69) is 5.32 Å². The molecule has 1 aliphatic rings. The molecule has 0 radical (unpaired) electrons. The molecule has 9 heteroatoms. The summed E-state index contributed by atoms with van der Waals surface area (Å²) in [6, 6.07) is 11.3. The largest absolute Gasteiger partial charge is 0.463 e. The minimum absolute atomic E-state index is 0.0690. The number of carbonyl (C=O) groups excluding carboxylic acids is 2. The number of anilines is 1. The number of hydrogen-bond acceptors (Lipinski definition) is 5. The quantitative estimate of drug-likeness (QED) is 0.610. The maximum absolute atomic E-state index is 13.1. The molecule has 1 amide bonds. The van der Waals surface area contributed by atoms with E-state index in [1.165, 1.54) is 10.6 Å². The number of nitrogens with zero attached hydrogens (tertiary/aromatic N) is 1. The average molecular weight is 479 g/mol. The van der Waals surface area contributed by atoms with Crippen LogP contribution in [0.25, 0.3) is 0 Å². The molecule has 3 rings (SSSR count). The van der Waals surface area contributed by atoms with E-state index in [0.29, 0.717) is 41.2 Å². The van der Waals surface area contributed by atoms with Gasteiger partial charge in [0.05, 0.1) is 30.5 Å². The van der Waals surface area contributed by atoms with E-state index in [9.17, 15) is 18.0 Å². The van der Waals surface area contributed by atoms with Crippen molar-refractivity contribution in [2.75, 3.05) is 17.1 Å². The molecule has 7 nitrogen and oxygen atoms in total. The Morgan fingerprint density at radius 2 is 1.91 bits per heavy atom. The summed E-state index contributed by atoms with van der Waals surface area (Å²) in [5.41, 5.74) is 2.39. The number of fused-ring (bicyclic) bond motifs is 1. The van der Waals surface area contributed by atoms with Crippen LogP contribution in [0, 0.1) is 0 Å². The highest BCUT2D eigenvalue weighted by Crippen LogP contribution is 2.31. The van der Waals surface area contributed by atoms with E-state index in [1.807, 2.05) is 0 Å². The Labute approximate surface area is 193 Å². The second-order valence-corrected chi connectivity index (χ2v) is 10.4. The highest BCUT2D eigenvalue weighted by Gasteiger charge is 2.26. The van der Waals surface area contributed by atoms with Crippen molar-refractivity contribution < 1.29 is 22.7 Å². The van der Waals surface area contributed by atoms with E-state index in [-0.39, 0.29) is 18.4 Å². The fourth-order valence-corrected chi connectivity index (χ4v) is 5.03. The molecule has 0 unspecified atom stereocenters. The molecule has 1 aliphatic heterocycles. The second kappa shape index (κ2) is 9.92. The van der Waals surface area contributed by atoms with Crippen LogP contribution in [0.5, 0.6) is 0 Å². The Morgan fingerprint density at radius 1 is 1.19 bits per heavy atom. The highest BCUT2D eigenvalue weighted by atomic mass is 35.5. The maximum atomic E-state index is 13.1. The number of ether oxygens (including phenoxy) is 1. The number of carbonyl (C=O) groups is 2. The molecule has 0 aliphatic carbocycles. The minimum atomic E-state index is -3.39. The van der Waals surface area contributed by atoms with Gasteiger partial charge in [0, 0.05) is 17.1 Å². The van der Waals surface area contributed by atoms with E-state index in [4.69, 9.17) is 16.3 Å². The summed E-state index contributed by atoms with van der Waals surface area (Å²) < 4.78 is 30.8. The van der Waals surface area contributed by atoms with Crippen molar-refractivity contribution in [3.05, 3.63) is 64.2 Å². The van der Waals surface area contributed by atoms with Gasteiger partial charge < -0.3 is 10.1 Å². The van der Waals surface area contributed by atoms with Gasteiger partial charge in [-0.25, -0.2) is 8.42 Å². The van der Waals surface area contributed by atoms with Gasteiger partial charge in [0.15, 0.2) is 0 Å². The lowest BCUT2D eigenvalue weighted by Gasteiger charge is -2.29. The van der Waals surface area contributed by atoms with Crippen LogP contribution in [0.1, 0.15) is 54.2 Å². The molecule has 0 saturated carbocycles. The van der Waals surface area contributed by atoms with Crippen LogP contribution in [-0.4, -0.2) is 39.2 Å². The zero-order valence-electron chi connectivity index (χ0n) is 18.3. The van der Waals surface area contributed by atoms with Crippen LogP contribution in [0.2, 0.25) is 5.02 Å². The molecule has 2 aromatic rings. The Bertz CT molecular complexity index is 1120. The molecule has 172 valence electrons. The number of hydrogen-bond donors (Lipinski definition) is 1. The van der Waals surface area contributed by atoms with Crippen LogP contribution in [0.3, 0.4) is 0 Å². The first-order chi connectivity index (χ1) is 15.1.